The van der Waals surface area contributed by atoms with Gasteiger partial charge in [0, 0.05) is 15.7 Å². The Bertz CT molecular complexity index is 649. The first-order valence-corrected chi connectivity index (χ1v) is 6.96. The molecule has 0 aliphatic rings. The highest BCUT2D eigenvalue weighted by Crippen LogP contribution is 2.21. The van der Waals surface area contributed by atoms with Crippen LogP contribution in [0.3, 0.4) is 0 Å². The number of carbonyl (C=O) groups excluding carboxylic acids is 1. The summed E-state index contributed by atoms with van der Waals surface area (Å²) >= 11 is 3.14. The average molecular weight is 354 g/mol. The molecule has 1 amide bonds. The van der Waals surface area contributed by atoms with Gasteiger partial charge in [-0.05, 0) is 24.3 Å². The fourth-order valence-corrected chi connectivity index (χ4v) is 2.04. The van der Waals surface area contributed by atoms with Crippen molar-refractivity contribution < 1.29 is 19.0 Å². The molecular formula is C15H13BrFNO3. The van der Waals surface area contributed by atoms with Crippen molar-refractivity contribution >= 4 is 27.5 Å². The minimum absolute atomic E-state index is 0.00351. The van der Waals surface area contributed by atoms with Gasteiger partial charge in [-0.25, -0.2) is 4.39 Å². The van der Waals surface area contributed by atoms with Crippen LogP contribution in [0.5, 0.6) is 5.75 Å². The number of rotatable bonds is 5. The lowest BCUT2D eigenvalue weighted by molar-refractivity contribution is -0.118. The standard InChI is InChI=1S/C15H13BrFNO3/c16-11-5-6-14(12(17)7-11)21-9-15(20)18-13-4-2-1-3-10(13)8-19/h1-7,19H,8-9H2,(H,18,20). The molecule has 0 atom stereocenters. The quantitative estimate of drug-likeness (QED) is 0.868. The first kappa shape index (κ1) is 15.5. The van der Waals surface area contributed by atoms with E-state index in [4.69, 9.17) is 9.84 Å². The maximum atomic E-state index is 13.5. The van der Waals surface area contributed by atoms with Crippen molar-refractivity contribution in [2.24, 2.45) is 0 Å². The molecule has 0 saturated heterocycles. The maximum absolute atomic E-state index is 13.5. The summed E-state index contributed by atoms with van der Waals surface area (Å²) in [6.07, 6.45) is 0. The van der Waals surface area contributed by atoms with Crippen LogP contribution in [0.2, 0.25) is 0 Å². The van der Waals surface area contributed by atoms with Gasteiger partial charge in [-0.1, -0.05) is 34.1 Å². The van der Waals surface area contributed by atoms with Gasteiger partial charge < -0.3 is 15.2 Å². The molecule has 6 heteroatoms. The predicted octanol–water partition coefficient (Wildman–Crippen LogP) is 3.10. The molecule has 4 nitrogen and oxygen atoms in total. The Labute approximate surface area is 129 Å². The van der Waals surface area contributed by atoms with Gasteiger partial charge in [-0.15, -0.1) is 0 Å². The number of ether oxygens (including phenoxy) is 1. The smallest absolute Gasteiger partial charge is 0.262 e. The van der Waals surface area contributed by atoms with E-state index >= 15 is 0 Å². The number of aliphatic hydroxyl groups excluding tert-OH is 1. The van der Waals surface area contributed by atoms with E-state index < -0.39 is 11.7 Å². The second-order valence-corrected chi connectivity index (χ2v) is 5.14. The molecular weight excluding hydrogens is 341 g/mol. The zero-order valence-electron chi connectivity index (χ0n) is 11.0. The number of halogens is 2. The molecule has 0 unspecified atom stereocenters. The molecule has 2 rings (SSSR count). The third kappa shape index (κ3) is 4.27. The summed E-state index contributed by atoms with van der Waals surface area (Å²) in [5.74, 6) is -0.977. The number of amides is 1. The highest BCUT2D eigenvalue weighted by Gasteiger charge is 2.09. The number of hydrogen-bond acceptors (Lipinski definition) is 3. The molecule has 110 valence electrons. The van der Waals surface area contributed by atoms with Crippen LogP contribution in [-0.2, 0) is 11.4 Å². The lowest BCUT2D eigenvalue weighted by atomic mass is 10.2. The van der Waals surface area contributed by atoms with E-state index in [1.54, 1.807) is 30.3 Å². The minimum Gasteiger partial charge on any atom is -0.481 e. The zero-order valence-corrected chi connectivity index (χ0v) is 12.6. The number of nitrogens with one attached hydrogen (secondary N) is 1. The summed E-state index contributed by atoms with van der Waals surface area (Å²) in [6.45, 7) is -0.503. The molecule has 0 radical (unpaired) electrons. The van der Waals surface area contributed by atoms with E-state index in [2.05, 4.69) is 21.2 Å². The van der Waals surface area contributed by atoms with Gasteiger partial charge in [0.2, 0.25) is 0 Å². The maximum Gasteiger partial charge on any atom is 0.262 e. The van der Waals surface area contributed by atoms with Crippen molar-refractivity contribution in [3.05, 3.63) is 58.3 Å². The molecule has 2 aromatic carbocycles. The number of aliphatic hydroxyl groups is 1. The van der Waals surface area contributed by atoms with Crippen LogP contribution < -0.4 is 10.1 Å². The van der Waals surface area contributed by atoms with Gasteiger partial charge in [0.25, 0.3) is 5.91 Å². The molecule has 0 bridgehead atoms. The van der Waals surface area contributed by atoms with Crippen molar-refractivity contribution in [1.29, 1.82) is 0 Å². The molecule has 0 saturated carbocycles. The summed E-state index contributed by atoms with van der Waals surface area (Å²) in [7, 11) is 0. The van der Waals surface area contributed by atoms with Crippen LogP contribution in [0.15, 0.2) is 46.9 Å². The van der Waals surface area contributed by atoms with Crippen LogP contribution in [-0.4, -0.2) is 17.6 Å². The van der Waals surface area contributed by atoms with E-state index in [1.807, 2.05) is 0 Å². The normalized spacial score (nSPS) is 10.2. The summed E-state index contributed by atoms with van der Waals surface area (Å²) in [6, 6.07) is 11.2. The molecule has 0 fully saturated rings. The fourth-order valence-electron chi connectivity index (χ4n) is 1.70. The monoisotopic (exact) mass is 353 g/mol. The molecule has 0 spiro atoms. The molecule has 0 aromatic heterocycles. The second kappa shape index (κ2) is 7.19. The van der Waals surface area contributed by atoms with E-state index in [-0.39, 0.29) is 19.0 Å². The van der Waals surface area contributed by atoms with Crippen LogP contribution in [0.4, 0.5) is 10.1 Å². The Morgan fingerprint density at radius 2 is 2.05 bits per heavy atom. The topological polar surface area (TPSA) is 58.6 Å². The highest BCUT2D eigenvalue weighted by molar-refractivity contribution is 9.10. The van der Waals surface area contributed by atoms with Crippen molar-refractivity contribution in [3.63, 3.8) is 0 Å². The van der Waals surface area contributed by atoms with Crippen LogP contribution in [0.25, 0.3) is 0 Å². The van der Waals surface area contributed by atoms with Gasteiger partial charge >= 0.3 is 0 Å². The van der Waals surface area contributed by atoms with Gasteiger partial charge in [0.05, 0.1) is 6.61 Å². The number of para-hydroxylation sites is 1. The lowest BCUT2D eigenvalue weighted by Gasteiger charge is -2.10. The van der Waals surface area contributed by atoms with Gasteiger partial charge in [0.1, 0.15) is 0 Å². The first-order valence-electron chi connectivity index (χ1n) is 6.16. The molecule has 2 aromatic rings. The SMILES string of the molecule is O=C(COc1ccc(Br)cc1F)Nc1ccccc1CO. The third-order valence-corrected chi connectivity index (χ3v) is 3.21. The Balaban J connectivity index is 1.96. The third-order valence-electron chi connectivity index (χ3n) is 2.71. The second-order valence-electron chi connectivity index (χ2n) is 4.23. The fraction of sp³-hybridized carbons (Fsp3) is 0.133. The summed E-state index contributed by atoms with van der Waals surface area (Å²) in [5, 5.41) is 11.8. The van der Waals surface area contributed by atoms with Crippen molar-refractivity contribution in [3.8, 4) is 5.75 Å². The molecule has 0 aliphatic heterocycles. The van der Waals surface area contributed by atoms with Crippen molar-refractivity contribution in [1.82, 2.24) is 0 Å². The van der Waals surface area contributed by atoms with Crippen LogP contribution >= 0.6 is 15.9 Å². The van der Waals surface area contributed by atoms with E-state index in [0.29, 0.717) is 15.7 Å². The predicted molar refractivity (Wildman–Crippen MR) is 80.6 cm³/mol. The lowest BCUT2D eigenvalue weighted by Crippen LogP contribution is -2.21. The van der Waals surface area contributed by atoms with Crippen molar-refractivity contribution in [2.45, 2.75) is 6.61 Å². The van der Waals surface area contributed by atoms with Crippen molar-refractivity contribution in [2.75, 3.05) is 11.9 Å². The molecule has 2 N–H and O–H groups in total. The Morgan fingerprint density at radius 1 is 1.29 bits per heavy atom. The van der Waals surface area contributed by atoms with Gasteiger partial charge in [0.15, 0.2) is 18.2 Å². The Hall–Kier alpha value is -1.92. The molecule has 21 heavy (non-hydrogen) atoms. The van der Waals surface area contributed by atoms with Crippen LogP contribution in [0, 0.1) is 5.82 Å². The summed E-state index contributed by atoms with van der Waals surface area (Å²) < 4.78 is 19.2. The minimum atomic E-state index is -0.548. The first-order chi connectivity index (χ1) is 10.1. The van der Waals surface area contributed by atoms with E-state index in [0.717, 1.165) is 0 Å². The summed E-state index contributed by atoms with van der Waals surface area (Å²) in [4.78, 5) is 11.8. The van der Waals surface area contributed by atoms with E-state index in [9.17, 15) is 9.18 Å². The van der Waals surface area contributed by atoms with E-state index in [1.165, 1.54) is 12.1 Å². The van der Waals surface area contributed by atoms with Gasteiger partial charge in [-0.3, -0.25) is 4.79 Å². The number of hydrogen-bond donors (Lipinski definition) is 2. The van der Waals surface area contributed by atoms with Gasteiger partial charge in [-0.2, -0.15) is 0 Å². The number of anilines is 1. The molecule has 0 aliphatic carbocycles. The largest absolute Gasteiger partial charge is 0.481 e. The number of benzene rings is 2. The summed E-state index contributed by atoms with van der Waals surface area (Å²) in [5.41, 5.74) is 1.10. The molecule has 0 heterocycles. The Morgan fingerprint density at radius 3 is 2.76 bits per heavy atom. The average Bonchev–Trinajstić information content (AvgIpc) is 2.47. The zero-order chi connectivity index (χ0) is 15.2. The number of carbonyl (C=O) groups is 1. The van der Waals surface area contributed by atoms with Crippen LogP contribution in [0.1, 0.15) is 5.56 Å². The highest BCUT2D eigenvalue weighted by atomic mass is 79.9. The Kier molecular flexibility index (Phi) is 5.30.